The van der Waals surface area contributed by atoms with Crippen molar-refractivity contribution in [2.24, 2.45) is 5.41 Å². The molecule has 130 valence electrons. The van der Waals surface area contributed by atoms with Crippen LogP contribution in [0.4, 0.5) is 0 Å². The minimum absolute atomic E-state index is 0.0398. The van der Waals surface area contributed by atoms with Crippen molar-refractivity contribution >= 4 is 11.8 Å². The molecule has 1 aromatic rings. The molecule has 2 heterocycles. The van der Waals surface area contributed by atoms with Crippen molar-refractivity contribution in [3.63, 3.8) is 0 Å². The van der Waals surface area contributed by atoms with E-state index in [0.29, 0.717) is 43.3 Å². The Morgan fingerprint density at radius 3 is 2.29 bits per heavy atom. The molecule has 1 N–H and O–H groups in total. The molecule has 0 radical (unpaired) electrons. The zero-order valence-electron chi connectivity index (χ0n) is 14.2. The van der Waals surface area contributed by atoms with E-state index in [1.165, 1.54) is 0 Å². The quantitative estimate of drug-likeness (QED) is 0.812. The maximum Gasteiger partial charge on any atom is 0.231 e. The number of hydrogen-bond donors (Lipinski definition) is 1. The molecular weight excluding hydrogens is 312 g/mol. The molecule has 1 spiro atoms. The lowest BCUT2D eigenvalue weighted by molar-refractivity contribution is -0.167. The van der Waals surface area contributed by atoms with E-state index in [2.05, 4.69) is 5.32 Å². The van der Waals surface area contributed by atoms with Crippen molar-refractivity contribution in [1.29, 1.82) is 0 Å². The summed E-state index contributed by atoms with van der Waals surface area (Å²) < 4.78 is 16.0. The van der Waals surface area contributed by atoms with E-state index in [-0.39, 0.29) is 18.2 Å². The molecule has 2 aliphatic heterocycles. The largest absolute Gasteiger partial charge is 0.493 e. The van der Waals surface area contributed by atoms with Crippen molar-refractivity contribution in [3.8, 4) is 17.2 Å². The van der Waals surface area contributed by atoms with Gasteiger partial charge in [-0.15, -0.1) is 0 Å². The first-order valence-electron chi connectivity index (χ1n) is 7.88. The van der Waals surface area contributed by atoms with Crippen molar-refractivity contribution in [2.75, 3.05) is 34.4 Å². The van der Waals surface area contributed by atoms with E-state index in [0.717, 1.165) is 5.56 Å². The van der Waals surface area contributed by atoms with Gasteiger partial charge >= 0.3 is 0 Å². The monoisotopic (exact) mass is 334 g/mol. The highest BCUT2D eigenvalue weighted by Crippen LogP contribution is 2.43. The molecule has 2 amide bonds. The number of nitrogens with zero attached hydrogens (tertiary/aromatic N) is 1. The summed E-state index contributed by atoms with van der Waals surface area (Å²) in [6, 6.07) is 3.68. The van der Waals surface area contributed by atoms with E-state index in [4.69, 9.17) is 14.2 Å². The minimum Gasteiger partial charge on any atom is -0.493 e. The van der Waals surface area contributed by atoms with E-state index in [9.17, 15) is 9.59 Å². The van der Waals surface area contributed by atoms with Crippen LogP contribution in [0.1, 0.15) is 18.4 Å². The highest BCUT2D eigenvalue weighted by molar-refractivity contribution is 5.94. The van der Waals surface area contributed by atoms with Crippen molar-refractivity contribution in [1.82, 2.24) is 10.2 Å². The molecule has 0 aliphatic carbocycles. The Kier molecular flexibility index (Phi) is 4.26. The third-order valence-corrected chi connectivity index (χ3v) is 4.76. The van der Waals surface area contributed by atoms with E-state index >= 15 is 0 Å². The molecule has 2 saturated heterocycles. The summed E-state index contributed by atoms with van der Waals surface area (Å²) in [5.74, 6) is 1.66. The van der Waals surface area contributed by atoms with Crippen LogP contribution >= 0.6 is 0 Å². The fourth-order valence-corrected chi connectivity index (χ4v) is 3.54. The number of ether oxygens (including phenoxy) is 3. The van der Waals surface area contributed by atoms with Gasteiger partial charge < -0.3 is 24.4 Å². The molecule has 0 bridgehead atoms. The topological polar surface area (TPSA) is 77.1 Å². The highest BCUT2D eigenvalue weighted by atomic mass is 16.5. The van der Waals surface area contributed by atoms with Crippen molar-refractivity contribution in [2.45, 2.75) is 19.4 Å². The second-order valence-corrected chi connectivity index (χ2v) is 6.25. The summed E-state index contributed by atoms with van der Waals surface area (Å²) in [6.45, 7) is 1.64. The molecule has 7 nitrogen and oxygen atoms in total. The summed E-state index contributed by atoms with van der Waals surface area (Å²) in [5.41, 5.74) is 0.399. The van der Waals surface area contributed by atoms with Gasteiger partial charge in [0.1, 0.15) is 0 Å². The molecule has 3 rings (SSSR count). The summed E-state index contributed by atoms with van der Waals surface area (Å²) in [6.07, 6.45) is 1.00. The number of carbonyl (C=O) groups excluding carboxylic acids is 2. The second kappa shape index (κ2) is 6.22. The fraction of sp³-hybridized carbons (Fsp3) is 0.529. The number of benzene rings is 1. The lowest BCUT2D eigenvalue weighted by Gasteiger charge is -2.50. The third-order valence-electron chi connectivity index (χ3n) is 4.76. The summed E-state index contributed by atoms with van der Waals surface area (Å²) >= 11 is 0. The normalized spacial score (nSPS) is 22.9. The van der Waals surface area contributed by atoms with Crippen LogP contribution in [0.2, 0.25) is 0 Å². The Morgan fingerprint density at radius 2 is 1.79 bits per heavy atom. The maximum atomic E-state index is 12.6. The first-order chi connectivity index (χ1) is 11.5. The average Bonchev–Trinajstić information content (AvgIpc) is 2.60. The van der Waals surface area contributed by atoms with Crippen molar-refractivity contribution < 1.29 is 23.8 Å². The molecule has 0 aromatic heterocycles. The van der Waals surface area contributed by atoms with Gasteiger partial charge in [0.2, 0.25) is 17.6 Å². The highest BCUT2D eigenvalue weighted by Gasteiger charge is 2.53. The molecule has 2 fully saturated rings. The second-order valence-electron chi connectivity index (χ2n) is 6.25. The van der Waals surface area contributed by atoms with Gasteiger partial charge in [-0.2, -0.15) is 0 Å². The number of amides is 2. The molecule has 7 heteroatoms. The number of hydrogen-bond acceptors (Lipinski definition) is 5. The summed E-state index contributed by atoms with van der Waals surface area (Å²) in [5, 5.41) is 2.78. The number of piperidine rings is 1. The maximum absolute atomic E-state index is 12.6. The van der Waals surface area contributed by atoms with E-state index < -0.39 is 5.41 Å². The van der Waals surface area contributed by atoms with Gasteiger partial charge in [-0.1, -0.05) is 0 Å². The molecule has 0 saturated carbocycles. The molecular formula is C17H22N2O5. The van der Waals surface area contributed by atoms with Gasteiger partial charge in [-0.05, 0) is 24.1 Å². The molecule has 1 unspecified atom stereocenters. The fourth-order valence-electron chi connectivity index (χ4n) is 3.54. The van der Waals surface area contributed by atoms with Gasteiger partial charge in [0.15, 0.2) is 11.5 Å². The average molecular weight is 334 g/mol. The number of β-lactam (4-membered cyclic amide) rings is 1. The zero-order chi connectivity index (χ0) is 17.3. The lowest BCUT2D eigenvalue weighted by atomic mass is 9.71. The first-order valence-corrected chi connectivity index (χ1v) is 7.88. The van der Waals surface area contributed by atoms with E-state index in [1.54, 1.807) is 26.2 Å². The molecule has 1 atom stereocenters. The van der Waals surface area contributed by atoms with Crippen LogP contribution < -0.4 is 19.5 Å². The van der Waals surface area contributed by atoms with Gasteiger partial charge in [-0.25, -0.2) is 0 Å². The molecule has 24 heavy (non-hydrogen) atoms. The number of nitrogens with one attached hydrogen (secondary N) is 1. The lowest BCUT2D eigenvalue weighted by Crippen LogP contribution is -2.64. The van der Waals surface area contributed by atoms with Crippen molar-refractivity contribution in [3.05, 3.63) is 17.7 Å². The van der Waals surface area contributed by atoms with Crippen LogP contribution in [0.5, 0.6) is 17.2 Å². The summed E-state index contributed by atoms with van der Waals surface area (Å²) in [7, 11) is 4.67. The predicted molar refractivity (Wildman–Crippen MR) is 86.2 cm³/mol. The third kappa shape index (κ3) is 2.64. The SMILES string of the molecule is COc1cc(CN2CC3(CCNC(=O)C3)C2=O)cc(OC)c1OC. The zero-order valence-corrected chi connectivity index (χ0v) is 14.2. The van der Waals surface area contributed by atoms with Gasteiger partial charge in [-0.3, -0.25) is 9.59 Å². The Hall–Kier alpha value is -2.44. The van der Waals surface area contributed by atoms with Crippen LogP contribution in [0, 0.1) is 5.41 Å². The van der Waals surface area contributed by atoms with Crippen LogP contribution in [0.25, 0.3) is 0 Å². The van der Waals surface area contributed by atoms with Crippen LogP contribution in [-0.4, -0.2) is 51.1 Å². The smallest absolute Gasteiger partial charge is 0.231 e. The standard InChI is InChI=1S/C17H22N2O5/c1-22-12-6-11(7-13(23-2)15(12)24-3)9-19-10-17(16(19)21)4-5-18-14(20)8-17/h6-7H,4-5,8-10H2,1-3H3,(H,18,20). The van der Waals surface area contributed by atoms with E-state index in [1.807, 2.05) is 12.1 Å². The van der Waals surface area contributed by atoms with Crippen LogP contribution in [0.3, 0.4) is 0 Å². The first kappa shape index (κ1) is 16.4. The molecule has 2 aliphatic rings. The Balaban J connectivity index is 1.76. The Labute approximate surface area is 140 Å². The van der Waals surface area contributed by atoms with Gasteiger partial charge in [0.25, 0.3) is 0 Å². The molecule has 1 aromatic carbocycles. The minimum atomic E-state index is -0.497. The van der Waals surface area contributed by atoms with Gasteiger partial charge in [0, 0.05) is 26.1 Å². The Morgan fingerprint density at radius 1 is 1.12 bits per heavy atom. The number of methoxy groups -OCH3 is 3. The van der Waals surface area contributed by atoms with Crippen LogP contribution in [0.15, 0.2) is 12.1 Å². The Bertz CT molecular complexity index is 650. The number of rotatable bonds is 5. The summed E-state index contributed by atoms with van der Waals surface area (Å²) in [4.78, 5) is 25.9. The predicted octanol–water partition coefficient (Wildman–Crippen LogP) is 0.951. The van der Waals surface area contributed by atoms with Crippen LogP contribution in [-0.2, 0) is 16.1 Å². The number of carbonyl (C=O) groups is 2. The van der Waals surface area contributed by atoms with Gasteiger partial charge in [0.05, 0.1) is 26.7 Å². The number of likely N-dealkylation sites (tertiary alicyclic amines) is 1.